The third-order valence-electron chi connectivity index (χ3n) is 6.70. The Morgan fingerprint density at radius 3 is 2.71 bits per heavy atom. The first-order valence-corrected chi connectivity index (χ1v) is 11.4. The van der Waals surface area contributed by atoms with E-state index in [2.05, 4.69) is 33.8 Å². The summed E-state index contributed by atoms with van der Waals surface area (Å²) in [5, 5.41) is 9.88. The molecule has 3 aliphatic heterocycles. The molecule has 2 fully saturated rings. The summed E-state index contributed by atoms with van der Waals surface area (Å²) in [6, 6.07) is 8.08. The van der Waals surface area contributed by atoms with E-state index in [-0.39, 0.29) is 41.3 Å². The van der Waals surface area contributed by atoms with E-state index in [1.54, 1.807) is 0 Å². The van der Waals surface area contributed by atoms with Gasteiger partial charge in [0, 0.05) is 49.9 Å². The first-order valence-electron chi connectivity index (χ1n) is 11.4. The number of hydrogen-bond acceptors (Lipinski definition) is 4. The molecule has 0 radical (unpaired) electrons. The minimum Gasteiger partial charge on any atom is -0.381 e. The van der Waals surface area contributed by atoms with Crippen molar-refractivity contribution in [2.75, 3.05) is 51.3 Å². The first-order chi connectivity index (χ1) is 14.7. The van der Waals surface area contributed by atoms with Gasteiger partial charge in [-0.1, -0.05) is 18.2 Å². The Morgan fingerprint density at radius 1 is 1.23 bits per heavy atom. The molecule has 3 aliphatic rings. The number of carbonyl (C=O) groups excluding carboxylic acids is 1. The lowest BCUT2D eigenvalue weighted by Gasteiger charge is -2.43. The Balaban J connectivity index is 0.00000272. The summed E-state index contributed by atoms with van der Waals surface area (Å²) in [6.07, 6.45) is 5.16. The van der Waals surface area contributed by atoms with Gasteiger partial charge in [0.2, 0.25) is 5.91 Å². The highest BCUT2D eigenvalue weighted by Gasteiger charge is 2.39. The van der Waals surface area contributed by atoms with Crippen molar-refractivity contribution in [3.8, 4) is 0 Å². The molecule has 31 heavy (non-hydrogen) atoms. The van der Waals surface area contributed by atoms with Gasteiger partial charge in [-0.25, -0.2) is 0 Å². The van der Waals surface area contributed by atoms with Crippen molar-refractivity contribution in [2.45, 2.75) is 50.5 Å². The van der Waals surface area contributed by atoms with Gasteiger partial charge in [0.25, 0.3) is 0 Å². The van der Waals surface area contributed by atoms with Crippen LogP contribution in [0.1, 0.15) is 50.5 Å². The maximum absolute atomic E-state index is 12.1. The molecule has 0 aromatic heterocycles. The minimum atomic E-state index is 0. The van der Waals surface area contributed by atoms with Crippen LogP contribution in [-0.4, -0.2) is 68.2 Å². The van der Waals surface area contributed by atoms with Crippen molar-refractivity contribution in [2.24, 2.45) is 4.99 Å². The van der Waals surface area contributed by atoms with Gasteiger partial charge in [-0.15, -0.1) is 24.0 Å². The lowest BCUT2D eigenvalue weighted by atomic mass is 9.88. The predicted octanol–water partition coefficient (Wildman–Crippen LogP) is 2.93. The molecule has 172 valence electrons. The van der Waals surface area contributed by atoms with Gasteiger partial charge in [0.15, 0.2) is 5.96 Å². The van der Waals surface area contributed by atoms with Gasteiger partial charge in [-0.3, -0.25) is 14.7 Å². The van der Waals surface area contributed by atoms with E-state index in [0.717, 1.165) is 50.8 Å². The van der Waals surface area contributed by atoms with Crippen LogP contribution in [-0.2, 0) is 9.53 Å². The van der Waals surface area contributed by atoms with E-state index in [9.17, 15) is 4.79 Å². The predicted molar refractivity (Wildman–Crippen MR) is 135 cm³/mol. The molecule has 4 rings (SSSR count). The van der Waals surface area contributed by atoms with Crippen molar-refractivity contribution in [1.82, 2.24) is 15.5 Å². The number of benzene rings is 1. The molecule has 0 aliphatic carbocycles. The Kier molecular flexibility index (Phi) is 8.97. The highest BCUT2D eigenvalue weighted by atomic mass is 127. The van der Waals surface area contributed by atoms with Crippen LogP contribution in [0.3, 0.4) is 0 Å². The van der Waals surface area contributed by atoms with Gasteiger partial charge < -0.3 is 20.7 Å². The average molecular weight is 541 g/mol. The Morgan fingerprint density at radius 2 is 1.97 bits per heavy atom. The molecule has 7 nitrogen and oxygen atoms in total. The van der Waals surface area contributed by atoms with E-state index in [1.807, 2.05) is 18.2 Å². The van der Waals surface area contributed by atoms with Gasteiger partial charge >= 0.3 is 0 Å². The van der Waals surface area contributed by atoms with Gasteiger partial charge in [0.05, 0.1) is 6.54 Å². The number of aliphatic imine (C=N–C) groups is 1. The number of para-hydroxylation sites is 1. The topological polar surface area (TPSA) is 78.0 Å². The van der Waals surface area contributed by atoms with Crippen LogP contribution in [0.2, 0.25) is 0 Å². The lowest BCUT2D eigenvalue weighted by Crippen LogP contribution is -2.54. The number of nitrogens with zero attached hydrogens (tertiary/aromatic N) is 2. The number of guanidine groups is 1. The number of amides is 1. The van der Waals surface area contributed by atoms with Gasteiger partial charge in [-0.2, -0.15) is 0 Å². The summed E-state index contributed by atoms with van der Waals surface area (Å²) in [6.45, 7) is 8.37. The van der Waals surface area contributed by atoms with Crippen LogP contribution in [0.15, 0.2) is 29.3 Å². The highest BCUT2D eigenvalue weighted by Crippen LogP contribution is 2.32. The number of rotatable bonds is 6. The summed E-state index contributed by atoms with van der Waals surface area (Å²) >= 11 is 0. The maximum atomic E-state index is 12.1. The number of anilines is 1. The number of fused-ring (bicyclic) bond motifs is 1. The molecule has 3 heterocycles. The molecule has 0 bridgehead atoms. The molecule has 1 aromatic carbocycles. The molecule has 0 spiro atoms. The van der Waals surface area contributed by atoms with Crippen molar-refractivity contribution >= 4 is 41.5 Å². The molecule has 2 saturated heterocycles. The number of carbonyl (C=O) groups is 1. The standard InChI is InChI=1S/C23H35N5O2.HI/c1-2-24-22(25-16-18-15-21(29)27-20-8-4-3-7-19(18)20)26-17-23(9-13-30-14-10-23)28-11-5-6-12-28;/h3-4,7-8,18H,2,5-6,9-17H2,1H3,(H,27,29)(H2,24,25,26);1H. The van der Waals surface area contributed by atoms with E-state index in [0.29, 0.717) is 13.0 Å². The van der Waals surface area contributed by atoms with Gasteiger partial charge in [0.1, 0.15) is 0 Å². The Hall–Kier alpha value is -1.39. The lowest BCUT2D eigenvalue weighted by molar-refractivity contribution is -0.116. The maximum Gasteiger partial charge on any atom is 0.225 e. The third kappa shape index (κ3) is 5.90. The number of ether oxygens (including phenoxy) is 1. The van der Waals surface area contributed by atoms with Crippen LogP contribution < -0.4 is 16.0 Å². The van der Waals surface area contributed by atoms with Crippen molar-refractivity contribution in [1.29, 1.82) is 0 Å². The molecule has 0 saturated carbocycles. The second kappa shape index (κ2) is 11.5. The van der Waals surface area contributed by atoms with Crippen LogP contribution in [0.25, 0.3) is 0 Å². The molecule has 1 atom stereocenters. The molecule has 1 amide bonds. The molecule has 1 aromatic rings. The monoisotopic (exact) mass is 541 g/mol. The molecular weight excluding hydrogens is 505 g/mol. The fourth-order valence-electron chi connectivity index (χ4n) is 4.99. The van der Waals surface area contributed by atoms with Crippen LogP contribution in [0, 0.1) is 0 Å². The first kappa shape index (κ1) is 24.3. The second-order valence-electron chi connectivity index (χ2n) is 8.64. The smallest absolute Gasteiger partial charge is 0.225 e. The summed E-state index contributed by atoms with van der Waals surface area (Å²) in [5.74, 6) is 1.07. The molecular formula is C23H36IN5O2. The van der Waals surface area contributed by atoms with Gasteiger partial charge in [-0.05, 0) is 57.3 Å². The zero-order valence-corrected chi connectivity index (χ0v) is 20.8. The second-order valence-corrected chi connectivity index (χ2v) is 8.64. The van der Waals surface area contributed by atoms with Crippen LogP contribution in [0.4, 0.5) is 5.69 Å². The number of nitrogens with one attached hydrogen (secondary N) is 3. The van der Waals surface area contributed by atoms with Crippen molar-refractivity contribution in [3.05, 3.63) is 29.8 Å². The summed E-state index contributed by atoms with van der Waals surface area (Å²) in [4.78, 5) is 19.8. The normalized spacial score (nSPS) is 23.5. The summed E-state index contributed by atoms with van der Waals surface area (Å²) in [7, 11) is 0. The average Bonchev–Trinajstić information content (AvgIpc) is 3.32. The fraction of sp³-hybridized carbons (Fsp3) is 0.652. The third-order valence-corrected chi connectivity index (χ3v) is 6.70. The van der Waals surface area contributed by atoms with Crippen molar-refractivity contribution < 1.29 is 9.53 Å². The minimum absolute atomic E-state index is 0. The van der Waals surface area contributed by atoms with E-state index in [1.165, 1.54) is 31.5 Å². The quantitative estimate of drug-likeness (QED) is 0.294. The fourth-order valence-corrected chi connectivity index (χ4v) is 4.99. The summed E-state index contributed by atoms with van der Waals surface area (Å²) in [5.41, 5.74) is 2.24. The van der Waals surface area contributed by atoms with E-state index in [4.69, 9.17) is 9.73 Å². The molecule has 1 unspecified atom stereocenters. The van der Waals surface area contributed by atoms with E-state index >= 15 is 0 Å². The zero-order chi connectivity index (χ0) is 20.8. The Bertz CT molecular complexity index is 760. The number of likely N-dealkylation sites (tertiary alicyclic amines) is 1. The Labute approximate surface area is 202 Å². The number of halogens is 1. The van der Waals surface area contributed by atoms with Crippen LogP contribution in [0.5, 0.6) is 0 Å². The summed E-state index contributed by atoms with van der Waals surface area (Å²) < 4.78 is 5.66. The highest BCUT2D eigenvalue weighted by molar-refractivity contribution is 14.0. The largest absolute Gasteiger partial charge is 0.381 e. The number of hydrogen-bond donors (Lipinski definition) is 3. The molecule has 8 heteroatoms. The molecule has 3 N–H and O–H groups in total. The van der Waals surface area contributed by atoms with Crippen LogP contribution >= 0.6 is 24.0 Å². The van der Waals surface area contributed by atoms with E-state index < -0.39 is 0 Å². The SMILES string of the molecule is CCNC(=NCC1(N2CCCC2)CCOCC1)NCC1CC(=O)Nc2ccccc21.I. The van der Waals surface area contributed by atoms with Crippen molar-refractivity contribution in [3.63, 3.8) is 0 Å². The zero-order valence-electron chi connectivity index (χ0n) is 18.5.